The summed E-state index contributed by atoms with van der Waals surface area (Å²) in [4.78, 5) is 5.36. The topological polar surface area (TPSA) is 6.48 Å². The molecule has 1 saturated heterocycles. The van der Waals surface area contributed by atoms with Crippen molar-refractivity contribution in [1.29, 1.82) is 0 Å². The highest BCUT2D eigenvalue weighted by Crippen LogP contribution is 2.28. The van der Waals surface area contributed by atoms with E-state index in [0.29, 0.717) is 0 Å². The zero-order valence-corrected chi connectivity index (χ0v) is 14.7. The summed E-state index contributed by atoms with van der Waals surface area (Å²) in [6, 6.07) is 9.58. The molecule has 1 saturated carbocycles. The van der Waals surface area contributed by atoms with Crippen LogP contribution in [0.1, 0.15) is 38.2 Å². The summed E-state index contributed by atoms with van der Waals surface area (Å²) >= 11 is 3.57. The van der Waals surface area contributed by atoms with Crippen LogP contribution in [0, 0.1) is 5.92 Å². The fourth-order valence-corrected chi connectivity index (χ4v) is 4.36. The standard InChI is InChI=1S/C18H27BrN2/c1-15-4-2-7-18(12-15)21-10-8-20(9-11-21)14-16-5-3-6-17(19)13-16/h3,5-6,13,15,18H,2,4,7-12,14H2,1H3/t15-,18-/m1/s1. The molecule has 0 N–H and O–H groups in total. The van der Waals surface area contributed by atoms with Gasteiger partial charge in [-0.2, -0.15) is 0 Å². The lowest BCUT2D eigenvalue weighted by Gasteiger charge is -2.42. The van der Waals surface area contributed by atoms with E-state index in [0.717, 1.165) is 18.5 Å². The van der Waals surface area contributed by atoms with Gasteiger partial charge in [0.15, 0.2) is 0 Å². The molecule has 1 heterocycles. The van der Waals surface area contributed by atoms with Crippen molar-refractivity contribution in [3.63, 3.8) is 0 Å². The maximum atomic E-state index is 3.57. The minimum Gasteiger partial charge on any atom is -0.298 e. The molecule has 0 aromatic heterocycles. The second kappa shape index (κ2) is 7.26. The molecule has 2 atom stereocenters. The van der Waals surface area contributed by atoms with Gasteiger partial charge in [0.05, 0.1) is 0 Å². The molecule has 2 aliphatic rings. The minimum atomic E-state index is 0.863. The molecule has 0 bridgehead atoms. The van der Waals surface area contributed by atoms with E-state index >= 15 is 0 Å². The quantitative estimate of drug-likeness (QED) is 0.807. The Bertz CT molecular complexity index is 454. The second-order valence-electron chi connectivity index (χ2n) is 6.87. The van der Waals surface area contributed by atoms with Gasteiger partial charge >= 0.3 is 0 Å². The third-order valence-electron chi connectivity index (χ3n) is 5.13. The van der Waals surface area contributed by atoms with Crippen LogP contribution in [-0.2, 0) is 6.54 Å². The molecule has 1 aromatic carbocycles. The summed E-state index contributed by atoms with van der Waals surface area (Å²) in [5.41, 5.74) is 1.42. The lowest BCUT2D eigenvalue weighted by Crippen LogP contribution is -2.50. The van der Waals surface area contributed by atoms with Gasteiger partial charge in [-0.3, -0.25) is 9.80 Å². The van der Waals surface area contributed by atoms with E-state index in [4.69, 9.17) is 0 Å². The van der Waals surface area contributed by atoms with Gasteiger partial charge in [-0.05, 0) is 36.5 Å². The van der Waals surface area contributed by atoms with Crippen molar-refractivity contribution in [2.24, 2.45) is 5.92 Å². The highest BCUT2D eigenvalue weighted by Gasteiger charge is 2.27. The Morgan fingerprint density at radius 1 is 1.14 bits per heavy atom. The molecule has 3 heteroatoms. The van der Waals surface area contributed by atoms with E-state index < -0.39 is 0 Å². The van der Waals surface area contributed by atoms with Crippen molar-refractivity contribution in [3.8, 4) is 0 Å². The number of benzene rings is 1. The minimum absolute atomic E-state index is 0.863. The monoisotopic (exact) mass is 350 g/mol. The largest absolute Gasteiger partial charge is 0.298 e. The Balaban J connectivity index is 1.48. The van der Waals surface area contributed by atoms with Crippen molar-refractivity contribution in [3.05, 3.63) is 34.3 Å². The first-order valence-corrected chi connectivity index (χ1v) is 9.21. The predicted molar refractivity (Wildman–Crippen MR) is 92.4 cm³/mol. The van der Waals surface area contributed by atoms with Crippen molar-refractivity contribution in [1.82, 2.24) is 9.80 Å². The summed E-state index contributed by atoms with van der Waals surface area (Å²) in [7, 11) is 0. The zero-order valence-electron chi connectivity index (χ0n) is 13.1. The molecule has 1 aliphatic carbocycles. The third kappa shape index (κ3) is 4.30. The van der Waals surface area contributed by atoms with Crippen LogP contribution < -0.4 is 0 Å². The fraction of sp³-hybridized carbons (Fsp3) is 0.667. The maximum Gasteiger partial charge on any atom is 0.0235 e. The smallest absolute Gasteiger partial charge is 0.0235 e. The van der Waals surface area contributed by atoms with E-state index in [2.05, 4.69) is 56.9 Å². The second-order valence-corrected chi connectivity index (χ2v) is 7.78. The van der Waals surface area contributed by atoms with Crippen LogP contribution >= 0.6 is 15.9 Å². The number of hydrogen-bond acceptors (Lipinski definition) is 2. The maximum absolute atomic E-state index is 3.57. The van der Waals surface area contributed by atoms with Gasteiger partial charge in [-0.25, -0.2) is 0 Å². The van der Waals surface area contributed by atoms with E-state index in [1.165, 1.54) is 61.9 Å². The first-order valence-electron chi connectivity index (χ1n) is 8.41. The van der Waals surface area contributed by atoms with Crippen LogP contribution in [0.4, 0.5) is 0 Å². The summed E-state index contributed by atoms with van der Waals surface area (Å²) < 4.78 is 1.19. The Morgan fingerprint density at radius 2 is 1.95 bits per heavy atom. The number of hydrogen-bond donors (Lipinski definition) is 0. The van der Waals surface area contributed by atoms with Gasteiger partial charge < -0.3 is 0 Å². The SMILES string of the molecule is C[C@@H]1CCC[C@@H](N2CCN(Cc3cccc(Br)c3)CC2)C1. The van der Waals surface area contributed by atoms with Crippen LogP contribution in [-0.4, -0.2) is 42.0 Å². The van der Waals surface area contributed by atoms with E-state index in [9.17, 15) is 0 Å². The van der Waals surface area contributed by atoms with Gasteiger partial charge in [0.1, 0.15) is 0 Å². The Labute approximate surface area is 137 Å². The van der Waals surface area contributed by atoms with Gasteiger partial charge in [-0.15, -0.1) is 0 Å². The van der Waals surface area contributed by atoms with Gasteiger partial charge in [-0.1, -0.05) is 47.8 Å². The number of rotatable bonds is 3. The zero-order chi connectivity index (χ0) is 14.7. The highest BCUT2D eigenvalue weighted by molar-refractivity contribution is 9.10. The molecule has 1 aliphatic heterocycles. The average molecular weight is 351 g/mol. The molecule has 0 amide bonds. The van der Waals surface area contributed by atoms with Crippen LogP contribution in [0.5, 0.6) is 0 Å². The Morgan fingerprint density at radius 3 is 2.67 bits per heavy atom. The van der Waals surface area contributed by atoms with Gasteiger partial charge in [0.2, 0.25) is 0 Å². The molecule has 3 rings (SSSR count). The first kappa shape index (κ1) is 15.5. The van der Waals surface area contributed by atoms with Crippen LogP contribution in [0.3, 0.4) is 0 Å². The van der Waals surface area contributed by atoms with E-state index in [1.807, 2.05) is 0 Å². The van der Waals surface area contributed by atoms with Crippen molar-refractivity contribution in [2.45, 2.75) is 45.2 Å². The van der Waals surface area contributed by atoms with Crippen LogP contribution in [0.2, 0.25) is 0 Å². The molecule has 1 aromatic rings. The molecule has 0 unspecified atom stereocenters. The summed E-state index contributed by atoms with van der Waals surface area (Å²) in [6.07, 6.45) is 5.73. The van der Waals surface area contributed by atoms with Crippen molar-refractivity contribution in [2.75, 3.05) is 26.2 Å². The molecule has 2 fully saturated rings. The fourth-order valence-electron chi connectivity index (χ4n) is 3.91. The predicted octanol–water partition coefficient (Wildman–Crippen LogP) is 4.15. The molecule has 0 radical (unpaired) electrons. The summed E-state index contributed by atoms with van der Waals surface area (Å²) in [5.74, 6) is 0.934. The summed E-state index contributed by atoms with van der Waals surface area (Å²) in [6.45, 7) is 8.47. The van der Waals surface area contributed by atoms with Crippen LogP contribution in [0.15, 0.2) is 28.7 Å². The first-order chi connectivity index (χ1) is 10.2. The van der Waals surface area contributed by atoms with Gasteiger partial charge in [0.25, 0.3) is 0 Å². The normalized spacial score (nSPS) is 28.7. The third-order valence-corrected chi connectivity index (χ3v) is 5.62. The number of piperazine rings is 1. The molecule has 0 spiro atoms. The van der Waals surface area contributed by atoms with Crippen molar-refractivity contribution < 1.29 is 0 Å². The molecule has 2 nitrogen and oxygen atoms in total. The average Bonchev–Trinajstić information content (AvgIpc) is 2.48. The number of nitrogens with zero attached hydrogens (tertiary/aromatic N) is 2. The summed E-state index contributed by atoms with van der Waals surface area (Å²) in [5, 5.41) is 0. The van der Waals surface area contributed by atoms with E-state index in [1.54, 1.807) is 0 Å². The molecular weight excluding hydrogens is 324 g/mol. The van der Waals surface area contributed by atoms with Crippen molar-refractivity contribution >= 4 is 15.9 Å². The lowest BCUT2D eigenvalue weighted by atomic mass is 9.86. The number of halogens is 1. The Hall–Kier alpha value is -0.380. The highest BCUT2D eigenvalue weighted by atomic mass is 79.9. The molecule has 116 valence electrons. The Kier molecular flexibility index (Phi) is 5.36. The van der Waals surface area contributed by atoms with Gasteiger partial charge in [0, 0.05) is 43.2 Å². The molecule has 21 heavy (non-hydrogen) atoms. The van der Waals surface area contributed by atoms with Crippen LogP contribution in [0.25, 0.3) is 0 Å². The molecular formula is C18H27BrN2. The van der Waals surface area contributed by atoms with E-state index in [-0.39, 0.29) is 0 Å². The lowest BCUT2D eigenvalue weighted by molar-refractivity contribution is 0.0659.